The molecule has 20 heavy (non-hydrogen) atoms. The van der Waals surface area contributed by atoms with Crippen LogP contribution >= 0.6 is 0 Å². The van der Waals surface area contributed by atoms with Crippen LogP contribution in [0.1, 0.15) is 36.5 Å². The molecule has 2 amide bonds. The van der Waals surface area contributed by atoms with Gasteiger partial charge in [-0.05, 0) is 24.6 Å². The summed E-state index contributed by atoms with van der Waals surface area (Å²) in [6.07, 6.45) is 2.34. The number of fused-ring (bicyclic) bond motifs is 1. The number of hydrogen-bond donors (Lipinski definition) is 1. The quantitative estimate of drug-likeness (QED) is 0.855. The summed E-state index contributed by atoms with van der Waals surface area (Å²) in [5, 5.41) is 2.87. The van der Waals surface area contributed by atoms with Crippen LogP contribution in [0.5, 0.6) is 5.75 Å². The summed E-state index contributed by atoms with van der Waals surface area (Å²) in [7, 11) is 1.70. The maximum Gasteiger partial charge on any atom is 0.251 e. The first kappa shape index (κ1) is 14.4. The monoisotopic (exact) mass is 276 g/mol. The average Bonchev–Trinajstić information content (AvgIpc) is 2.59. The van der Waals surface area contributed by atoms with Crippen molar-refractivity contribution in [2.24, 2.45) is 0 Å². The van der Waals surface area contributed by atoms with Crippen molar-refractivity contribution >= 4 is 17.5 Å². The van der Waals surface area contributed by atoms with E-state index in [0.29, 0.717) is 36.6 Å². The number of amides is 2. The molecule has 1 aliphatic heterocycles. The smallest absolute Gasteiger partial charge is 0.251 e. The van der Waals surface area contributed by atoms with E-state index in [-0.39, 0.29) is 11.8 Å². The summed E-state index contributed by atoms with van der Waals surface area (Å²) in [6, 6.07) is 5.18. The normalized spacial score (nSPS) is 14.3. The molecule has 1 aliphatic rings. The van der Waals surface area contributed by atoms with Crippen molar-refractivity contribution in [3.63, 3.8) is 0 Å². The lowest BCUT2D eigenvalue weighted by atomic mass is 10.1. The number of benzene rings is 1. The van der Waals surface area contributed by atoms with Crippen LogP contribution in [0.4, 0.5) is 5.69 Å². The highest BCUT2D eigenvalue weighted by Crippen LogP contribution is 2.31. The van der Waals surface area contributed by atoms with Gasteiger partial charge >= 0.3 is 0 Å². The Morgan fingerprint density at radius 2 is 2.25 bits per heavy atom. The third kappa shape index (κ3) is 3.10. The second-order valence-corrected chi connectivity index (χ2v) is 4.84. The summed E-state index contributed by atoms with van der Waals surface area (Å²) in [4.78, 5) is 25.4. The van der Waals surface area contributed by atoms with Crippen molar-refractivity contribution in [2.75, 3.05) is 25.1 Å². The van der Waals surface area contributed by atoms with E-state index in [1.807, 2.05) is 0 Å². The minimum atomic E-state index is -0.119. The van der Waals surface area contributed by atoms with Gasteiger partial charge in [0.2, 0.25) is 5.91 Å². The number of nitrogens with zero attached hydrogens (tertiary/aromatic N) is 1. The SMILES string of the molecule is CCCCNC(=O)c1ccc2c(c1)N(C)C(=O)CCO2. The molecule has 0 atom stereocenters. The van der Waals surface area contributed by atoms with Gasteiger partial charge in [-0.3, -0.25) is 9.59 Å². The molecule has 1 aromatic carbocycles. The van der Waals surface area contributed by atoms with E-state index < -0.39 is 0 Å². The predicted molar refractivity (Wildman–Crippen MR) is 77.2 cm³/mol. The lowest BCUT2D eigenvalue weighted by Gasteiger charge is -2.17. The van der Waals surface area contributed by atoms with Crippen molar-refractivity contribution in [1.29, 1.82) is 0 Å². The molecule has 0 aliphatic carbocycles. The minimum Gasteiger partial charge on any atom is -0.491 e. The molecule has 1 aromatic rings. The van der Waals surface area contributed by atoms with Gasteiger partial charge in [-0.25, -0.2) is 0 Å². The Hall–Kier alpha value is -2.04. The number of nitrogens with one attached hydrogen (secondary N) is 1. The average molecular weight is 276 g/mol. The van der Waals surface area contributed by atoms with Crippen molar-refractivity contribution < 1.29 is 14.3 Å². The largest absolute Gasteiger partial charge is 0.491 e. The van der Waals surface area contributed by atoms with Crippen molar-refractivity contribution in [3.05, 3.63) is 23.8 Å². The number of ether oxygens (including phenoxy) is 1. The Bertz CT molecular complexity index is 514. The molecular weight excluding hydrogens is 256 g/mol. The van der Waals surface area contributed by atoms with Gasteiger partial charge < -0.3 is 15.0 Å². The second-order valence-electron chi connectivity index (χ2n) is 4.84. The van der Waals surface area contributed by atoms with E-state index >= 15 is 0 Å². The van der Waals surface area contributed by atoms with Gasteiger partial charge in [0.15, 0.2) is 0 Å². The summed E-state index contributed by atoms with van der Waals surface area (Å²) in [5.41, 5.74) is 1.20. The predicted octanol–water partition coefficient (Wildman–Crippen LogP) is 1.96. The van der Waals surface area contributed by atoms with E-state index in [1.54, 1.807) is 30.1 Å². The molecule has 0 saturated carbocycles. The molecule has 0 unspecified atom stereocenters. The molecule has 1 heterocycles. The van der Waals surface area contributed by atoms with Gasteiger partial charge in [-0.1, -0.05) is 13.3 Å². The zero-order valence-electron chi connectivity index (χ0n) is 11.9. The van der Waals surface area contributed by atoms with Crippen LogP contribution in [-0.4, -0.2) is 32.0 Å². The lowest BCUT2D eigenvalue weighted by Crippen LogP contribution is -2.27. The number of unbranched alkanes of at least 4 members (excludes halogenated alkanes) is 1. The highest BCUT2D eigenvalue weighted by atomic mass is 16.5. The van der Waals surface area contributed by atoms with Gasteiger partial charge in [-0.15, -0.1) is 0 Å². The Balaban J connectivity index is 2.19. The van der Waals surface area contributed by atoms with Gasteiger partial charge in [0.05, 0.1) is 18.7 Å². The fourth-order valence-corrected chi connectivity index (χ4v) is 2.07. The number of carbonyl (C=O) groups excluding carboxylic acids is 2. The molecule has 0 fully saturated rings. The van der Waals surface area contributed by atoms with Crippen LogP contribution in [-0.2, 0) is 4.79 Å². The molecule has 108 valence electrons. The third-order valence-electron chi connectivity index (χ3n) is 3.35. The summed E-state index contributed by atoms with van der Waals surface area (Å²) < 4.78 is 5.53. The van der Waals surface area contributed by atoms with Crippen molar-refractivity contribution in [1.82, 2.24) is 5.32 Å². The standard InChI is InChI=1S/C15H20N2O3/c1-3-4-8-16-15(19)11-5-6-13-12(10-11)17(2)14(18)7-9-20-13/h5-6,10H,3-4,7-9H2,1-2H3,(H,16,19). The molecule has 0 spiro atoms. The molecule has 2 rings (SSSR count). The first-order valence-electron chi connectivity index (χ1n) is 6.95. The maximum atomic E-state index is 12.0. The number of anilines is 1. The molecular formula is C15H20N2O3. The summed E-state index contributed by atoms with van der Waals surface area (Å²) >= 11 is 0. The zero-order valence-corrected chi connectivity index (χ0v) is 11.9. The Kier molecular flexibility index (Phi) is 4.61. The maximum absolute atomic E-state index is 12.0. The van der Waals surface area contributed by atoms with E-state index in [0.717, 1.165) is 12.8 Å². The molecule has 5 heteroatoms. The van der Waals surface area contributed by atoms with Crippen LogP contribution in [0.15, 0.2) is 18.2 Å². The first-order valence-corrected chi connectivity index (χ1v) is 6.95. The van der Waals surface area contributed by atoms with Crippen LogP contribution in [0.2, 0.25) is 0 Å². The summed E-state index contributed by atoms with van der Waals surface area (Å²) in [6.45, 7) is 3.11. The van der Waals surface area contributed by atoms with Crippen molar-refractivity contribution in [2.45, 2.75) is 26.2 Å². The van der Waals surface area contributed by atoms with Gasteiger partial charge in [0.1, 0.15) is 5.75 Å². The van der Waals surface area contributed by atoms with E-state index in [9.17, 15) is 9.59 Å². The van der Waals surface area contributed by atoms with Crippen LogP contribution in [0.3, 0.4) is 0 Å². The Morgan fingerprint density at radius 3 is 3.00 bits per heavy atom. The minimum absolute atomic E-state index is 0.00714. The molecule has 0 bridgehead atoms. The third-order valence-corrected chi connectivity index (χ3v) is 3.35. The topological polar surface area (TPSA) is 58.6 Å². The molecule has 0 radical (unpaired) electrons. The van der Waals surface area contributed by atoms with E-state index in [4.69, 9.17) is 4.74 Å². The first-order chi connectivity index (χ1) is 9.63. The molecule has 0 aromatic heterocycles. The zero-order chi connectivity index (χ0) is 14.5. The molecule has 0 saturated heterocycles. The molecule has 5 nitrogen and oxygen atoms in total. The van der Waals surface area contributed by atoms with E-state index in [1.165, 1.54) is 0 Å². The highest BCUT2D eigenvalue weighted by molar-refractivity contribution is 5.99. The number of carbonyl (C=O) groups is 2. The summed E-state index contributed by atoms with van der Waals surface area (Å²) in [5.74, 6) is 0.516. The van der Waals surface area contributed by atoms with Crippen LogP contribution in [0.25, 0.3) is 0 Å². The van der Waals surface area contributed by atoms with Crippen molar-refractivity contribution in [3.8, 4) is 5.75 Å². The Morgan fingerprint density at radius 1 is 1.45 bits per heavy atom. The van der Waals surface area contributed by atoms with Gasteiger partial charge in [-0.2, -0.15) is 0 Å². The Labute approximate surface area is 118 Å². The van der Waals surface area contributed by atoms with Gasteiger partial charge in [0.25, 0.3) is 5.91 Å². The van der Waals surface area contributed by atoms with Gasteiger partial charge in [0, 0.05) is 19.2 Å². The number of rotatable bonds is 4. The fourth-order valence-electron chi connectivity index (χ4n) is 2.07. The number of hydrogen-bond acceptors (Lipinski definition) is 3. The fraction of sp³-hybridized carbons (Fsp3) is 0.467. The molecule has 1 N–H and O–H groups in total. The van der Waals surface area contributed by atoms with E-state index in [2.05, 4.69) is 12.2 Å². The van der Waals surface area contributed by atoms with Crippen LogP contribution < -0.4 is 15.0 Å². The van der Waals surface area contributed by atoms with Crippen LogP contribution in [0, 0.1) is 0 Å². The lowest BCUT2D eigenvalue weighted by molar-refractivity contribution is -0.118. The second kappa shape index (κ2) is 6.41. The highest BCUT2D eigenvalue weighted by Gasteiger charge is 2.21.